The van der Waals surface area contributed by atoms with E-state index in [0.717, 1.165) is 13.0 Å². The van der Waals surface area contributed by atoms with Crippen LogP contribution >= 0.6 is 0 Å². The highest BCUT2D eigenvalue weighted by Gasteiger charge is 2.02. The third-order valence-corrected chi connectivity index (χ3v) is 1.86. The van der Waals surface area contributed by atoms with Gasteiger partial charge in [-0.2, -0.15) is 0 Å². The van der Waals surface area contributed by atoms with Crippen LogP contribution in [0.3, 0.4) is 0 Å². The monoisotopic (exact) mass is 181 g/mol. The molecule has 13 heavy (non-hydrogen) atoms. The Balaban J connectivity index is 2.18. The zero-order chi connectivity index (χ0) is 9.68. The van der Waals surface area contributed by atoms with E-state index in [2.05, 4.69) is 4.98 Å². The fraction of sp³-hybridized carbons (Fsp3) is 0.556. The molecule has 0 aliphatic rings. The van der Waals surface area contributed by atoms with E-state index in [1.54, 1.807) is 31.5 Å². The van der Waals surface area contributed by atoms with Crippen molar-refractivity contribution < 1.29 is 4.79 Å². The number of hydrogen-bond donors (Lipinski definition) is 0. The van der Waals surface area contributed by atoms with E-state index < -0.39 is 0 Å². The van der Waals surface area contributed by atoms with E-state index in [4.69, 9.17) is 0 Å². The second kappa shape index (κ2) is 4.64. The van der Waals surface area contributed by atoms with Gasteiger partial charge in [-0.1, -0.05) is 0 Å². The Morgan fingerprint density at radius 2 is 2.31 bits per heavy atom. The van der Waals surface area contributed by atoms with Gasteiger partial charge in [-0.25, -0.2) is 4.98 Å². The first-order valence-corrected chi connectivity index (χ1v) is 4.36. The van der Waals surface area contributed by atoms with E-state index in [1.165, 1.54) is 0 Å². The van der Waals surface area contributed by atoms with Crippen LogP contribution in [0.5, 0.6) is 0 Å². The average Bonchev–Trinajstić information content (AvgIpc) is 2.56. The molecule has 0 aliphatic heterocycles. The molecule has 0 radical (unpaired) electrons. The Kier molecular flexibility index (Phi) is 3.49. The summed E-state index contributed by atoms with van der Waals surface area (Å²) in [5.74, 6) is 0.181. The van der Waals surface area contributed by atoms with Gasteiger partial charge in [0.05, 0.1) is 6.33 Å². The van der Waals surface area contributed by atoms with Gasteiger partial charge in [0, 0.05) is 39.5 Å². The van der Waals surface area contributed by atoms with Gasteiger partial charge < -0.3 is 9.47 Å². The minimum atomic E-state index is 0.181. The van der Waals surface area contributed by atoms with Crippen LogP contribution in [0.15, 0.2) is 18.7 Å². The molecule has 0 N–H and O–H groups in total. The highest BCUT2D eigenvalue weighted by molar-refractivity contribution is 5.75. The van der Waals surface area contributed by atoms with Crippen molar-refractivity contribution in [1.82, 2.24) is 14.5 Å². The smallest absolute Gasteiger partial charge is 0.222 e. The number of rotatable bonds is 4. The van der Waals surface area contributed by atoms with Crippen molar-refractivity contribution in [2.75, 3.05) is 14.1 Å². The summed E-state index contributed by atoms with van der Waals surface area (Å²) in [6, 6.07) is 0. The lowest BCUT2D eigenvalue weighted by Crippen LogP contribution is -2.21. The number of carbonyl (C=O) groups is 1. The predicted octanol–water partition coefficient (Wildman–Crippen LogP) is 0.751. The summed E-state index contributed by atoms with van der Waals surface area (Å²) in [6.45, 7) is 0.861. The van der Waals surface area contributed by atoms with Crippen LogP contribution in [0.25, 0.3) is 0 Å². The molecule has 0 spiro atoms. The number of aromatic nitrogens is 2. The molecule has 72 valence electrons. The molecule has 0 unspecified atom stereocenters. The molecule has 0 aliphatic carbocycles. The first kappa shape index (κ1) is 9.77. The van der Waals surface area contributed by atoms with Gasteiger partial charge in [0.15, 0.2) is 0 Å². The lowest BCUT2D eigenvalue weighted by Gasteiger charge is -2.09. The van der Waals surface area contributed by atoms with Crippen molar-refractivity contribution in [3.63, 3.8) is 0 Å². The van der Waals surface area contributed by atoms with Crippen molar-refractivity contribution in [3.05, 3.63) is 18.7 Å². The maximum absolute atomic E-state index is 11.2. The van der Waals surface area contributed by atoms with Gasteiger partial charge in [0.25, 0.3) is 0 Å². The molecule has 1 heterocycles. The number of imidazole rings is 1. The molecule has 0 bridgehead atoms. The van der Waals surface area contributed by atoms with Crippen LogP contribution in [-0.2, 0) is 11.3 Å². The Bertz CT molecular complexity index is 254. The highest BCUT2D eigenvalue weighted by Crippen LogP contribution is 1.97. The van der Waals surface area contributed by atoms with Crippen molar-refractivity contribution in [2.24, 2.45) is 0 Å². The second-order valence-corrected chi connectivity index (χ2v) is 3.19. The molecule has 1 aromatic rings. The van der Waals surface area contributed by atoms with Crippen LogP contribution < -0.4 is 0 Å². The molecule has 0 atom stereocenters. The fourth-order valence-corrected chi connectivity index (χ4v) is 1.06. The number of amides is 1. The molecule has 1 amide bonds. The standard InChI is InChI=1S/C9H15N3O/c1-11(2)9(13)4-3-6-12-7-5-10-8-12/h5,7-8H,3-4,6H2,1-2H3. The highest BCUT2D eigenvalue weighted by atomic mass is 16.2. The largest absolute Gasteiger partial charge is 0.349 e. The Morgan fingerprint density at radius 3 is 2.85 bits per heavy atom. The molecule has 0 aromatic carbocycles. The summed E-state index contributed by atoms with van der Waals surface area (Å²) >= 11 is 0. The van der Waals surface area contributed by atoms with Crippen molar-refractivity contribution >= 4 is 5.91 Å². The molecule has 0 saturated heterocycles. The molecule has 4 nitrogen and oxygen atoms in total. The maximum Gasteiger partial charge on any atom is 0.222 e. The van der Waals surface area contributed by atoms with Gasteiger partial charge in [0.1, 0.15) is 0 Å². The first-order valence-electron chi connectivity index (χ1n) is 4.36. The van der Waals surface area contributed by atoms with E-state index in [-0.39, 0.29) is 5.91 Å². The molecule has 1 aromatic heterocycles. The summed E-state index contributed by atoms with van der Waals surface area (Å²) in [5.41, 5.74) is 0. The molecular formula is C9H15N3O. The fourth-order valence-electron chi connectivity index (χ4n) is 1.06. The van der Waals surface area contributed by atoms with Crippen LogP contribution in [0.2, 0.25) is 0 Å². The zero-order valence-electron chi connectivity index (χ0n) is 8.10. The van der Waals surface area contributed by atoms with E-state index in [9.17, 15) is 4.79 Å². The lowest BCUT2D eigenvalue weighted by molar-refractivity contribution is -0.128. The maximum atomic E-state index is 11.2. The normalized spacial score (nSPS) is 10.0. The van der Waals surface area contributed by atoms with Crippen molar-refractivity contribution in [1.29, 1.82) is 0 Å². The minimum absolute atomic E-state index is 0.181. The first-order chi connectivity index (χ1) is 6.20. The molecule has 0 saturated carbocycles. The predicted molar refractivity (Wildman–Crippen MR) is 50.2 cm³/mol. The summed E-state index contributed by atoms with van der Waals surface area (Å²) in [6.07, 6.45) is 6.88. The van der Waals surface area contributed by atoms with Crippen molar-refractivity contribution in [2.45, 2.75) is 19.4 Å². The third kappa shape index (κ3) is 3.27. The Morgan fingerprint density at radius 1 is 1.54 bits per heavy atom. The van der Waals surface area contributed by atoms with Crippen LogP contribution in [0, 0.1) is 0 Å². The number of nitrogens with zero attached hydrogens (tertiary/aromatic N) is 3. The van der Waals surface area contributed by atoms with Gasteiger partial charge in [-0.3, -0.25) is 4.79 Å². The Hall–Kier alpha value is -1.32. The zero-order valence-corrected chi connectivity index (χ0v) is 8.10. The lowest BCUT2D eigenvalue weighted by atomic mass is 10.3. The topological polar surface area (TPSA) is 38.1 Å². The molecule has 4 heteroatoms. The van der Waals surface area contributed by atoms with Crippen LogP contribution in [0.1, 0.15) is 12.8 Å². The summed E-state index contributed by atoms with van der Waals surface area (Å²) < 4.78 is 1.98. The minimum Gasteiger partial charge on any atom is -0.349 e. The average molecular weight is 181 g/mol. The SMILES string of the molecule is CN(C)C(=O)CCCn1ccnc1. The quantitative estimate of drug-likeness (QED) is 0.687. The van der Waals surface area contributed by atoms with E-state index >= 15 is 0 Å². The second-order valence-electron chi connectivity index (χ2n) is 3.19. The van der Waals surface area contributed by atoms with E-state index in [0.29, 0.717) is 6.42 Å². The Labute approximate surface area is 78.2 Å². The van der Waals surface area contributed by atoms with Crippen molar-refractivity contribution in [3.8, 4) is 0 Å². The summed E-state index contributed by atoms with van der Waals surface area (Å²) in [5, 5.41) is 0. The van der Waals surface area contributed by atoms with Gasteiger partial charge in [-0.05, 0) is 6.42 Å². The third-order valence-electron chi connectivity index (χ3n) is 1.86. The van der Waals surface area contributed by atoms with Gasteiger partial charge in [0.2, 0.25) is 5.91 Å². The molecule has 0 fully saturated rings. The van der Waals surface area contributed by atoms with Gasteiger partial charge in [-0.15, -0.1) is 0 Å². The van der Waals surface area contributed by atoms with Crippen LogP contribution in [0.4, 0.5) is 0 Å². The number of carbonyl (C=O) groups excluding carboxylic acids is 1. The summed E-state index contributed by atoms with van der Waals surface area (Å²) in [7, 11) is 3.55. The number of hydrogen-bond acceptors (Lipinski definition) is 2. The summed E-state index contributed by atoms with van der Waals surface area (Å²) in [4.78, 5) is 16.7. The van der Waals surface area contributed by atoms with E-state index in [1.807, 2.05) is 10.8 Å². The molecular weight excluding hydrogens is 166 g/mol. The number of aryl methyl sites for hydroxylation is 1. The molecule has 1 rings (SSSR count). The van der Waals surface area contributed by atoms with Crippen LogP contribution in [-0.4, -0.2) is 34.5 Å². The van der Waals surface area contributed by atoms with Gasteiger partial charge >= 0.3 is 0 Å².